The van der Waals surface area contributed by atoms with Crippen LogP contribution in [-0.4, -0.2) is 45.6 Å². The fourth-order valence-corrected chi connectivity index (χ4v) is 3.22. The summed E-state index contributed by atoms with van der Waals surface area (Å²) in [6, 6.07) is 9.03. The smallest absolute Gasteiger partial charge is 0.276 e. The fraction of sp³-hybridized carbons (Fsp3) is 0.300. The predicted octanol–water partition coefficient (Wildman–Crippen LogP) is 3.06. The van der Waals surface area contributed by atoms with Gasteiger partial charge in [0, 0.05) is 55.4 Å². The molecule has 1 fully saturated rings. The summed E-state index contributed by atoms with van der Waals surface area (Å²) in [5, 5.41) is 3.95. The van der Waals surface area contributed by atoms with Crippen LogP contribution in [0.3, 0.4) is 0 Å². The molecule has 7 heteroatoms. The Labute approximate surface area is 157 Å². The van der Waals surface area contributed by atoms with Crippen molar-refractivity contribution in [3.05, 3.63) is 60.8 Å². The number of aromatic nitrogens is 3. The molecule has 0 radical (unpaired) electrons. The average Bonchev–Trinajstić information content (AvgIpc) is 3.24. The number of likely N-dealkylation sites (tertiary alicyclic amines) is 1. The topological polar surface area (TPSA) is 81.4 Å². The maximum absolute atomic E-state index is 12.8. The Morgan fingerprint density at radius 1 is 1.22 bits per heavy atom. The van der Waals surface area contributed by atoms with Crippen LogP contribution in [0.1, 0.15) is 23.3 Å². The Morgan fingerprint density at radius 2 is 2.11 bits per heavy atom. The lowest BCUT2D eigenvalue weighted by Gasteiger charge is -2.32. The Kier molecular flexibility index (Phi) is 5.09. The van der Waals surface area contributed by atoms with Crippen LogP contribution in [0.4, 0.5) is 0 Å². The molecule has 0 aromatic carbocycles. The van der Waals surface area contributed by atoms with Gasteiger partial charge in [-0.3, -0.25) is 14.8 Å². The van der Waals surface area contributed by atoms with Gasteiger partial charge in [-0.1, -0.05) is 5.16 Å². The van der Waals surface area contributed by atoms with Gasteiger partial charge in [0.2, 0.25) is 0 Å². The largest absolute Gasteiger partial charge is 0.493 e. The molecule has 0 aliphatic carbocycles. The summed E-state index contributed by atoms with van der Waals surface area (Å²) in [5.74, 6) is 1.52. The molecule has 0 N–H and O–H groups in total. The molecule has 1 saturated heterocycles. The number of pyridine rings is 2. The number of piperidine rings is 1. The van der Waals surface area contributed by atoms with Crippen LogP contribution >= 0.6 is 0 Å². The molecule has 1 aliphatic rings. The van der Waals surface area contributed by atoms with Crippen LogP contribution in [0.15, 0.2) is 59.6 Å². The van der Waals surface area contributed by atoms with E-state index in [1.165, 1.54) is 0 Å². The van der Waals surface area contributed by atoms with E-state index in [9.17, 15) is 4.79 Å². The van der Waals surface area contributed by atoms with Gasteiger partial charge in [0.05, 0.1) is 6.61 Å². The van der Waals surface area contributed by atoms with Gasteiger partial charge in [-0.05, 0) is 37.1 Å². The average molecular weight is 364 g/mol. The van der Waals surface area contributed by atoms with Crippen molar-refractivity contribution < 1.29 is 14.1 Å². The van der Waals surface area contributed by atoms with Crippen molar-refractivity contribution in [3.8, 4) is 17.1 Å². The molecule has 1 amide bonds. The van der Waals surface area contributed by atoms with Crippen molar-refractivity contribution in [1.29, 1.82) is 0 Å². The first-order valence-corrected chi connectivity index (χ1v) is 8.99. The molecular weight excluding hydrogens is 344 g/mol. The predicted molar refractivity (Wildman–Crippen MR) is 98.1 cm³/mol. The zero-order valence-corrected chi connectivity index (χ0v) is 14.8. The molecule has 138 valence electrons. The molecule has 4 heterocycles. The number of nitrogens with zero attached hydrogens (tertiary/aromatic N) is 4. The molecule has 0 bridgehead atoms. The zero-order valence-electron chi connectivity index (χ0n) is 14.8. The van der Waals surface area contributed by atoms with Gasteiger partial charge in [0.1, 0.15) is 5.75 Å². The lowest BCUT2D eigenvalue weighted by atomic mass is 9.98. The van der Waals surface area contributed by atoms with Crippen molar-refractivity contribution >= 4 is 5.91 Å². The molecule has 3 aromatic rings. The number of hydrogen-bond acceptors (Lipinski definition) is 6. The highest BCUT2D eigenvalue weighted by Crippen LogP contribution is 2.23. The SMILES string of the molecule is O=C(c1cc(-c2cccnc2)on1)N1CCCC(COc2ccncc2)C1. The van der Waals surface area contributed by atoms with Gasteiger partial charge in [0.15, 0.2) is 11.5 Å². The number of hydrogen-bond donors (Lipinski definition) is 0. The number of carbonyl (C=O) groups is 1. The molecule has 0 saturated carbocycles. The van der Waals surface area contributed by atoms with Crippen LogP contribution in [0.25, 0.3) is 11.3 Å². The summed E-state index contributed by atoms with van der Waals surface area (Å²) < 4.78 is 11.1. The molecule has 1 atom stereocenters. The molecule has 1 aliphatic heterocycles. The summed E-state index contributed by atoms with van der Waals surface area (Å²) in [5.41, 5.74) is 1.12. The standard InChI is InChI=1S/C20H20N4O3/c25-20(18-11-19(27-23-18)16-4-1-7-22-12-16)24-10-2-3-15(13-24)14-26-17-5-8-21-9-6-17/h1,4-9,11-12,15H,2-3,10,13-14H2. The number of rotatable bonds is 5. The van der Waals surface area contributed by atoms with Crippen LogP contribution in [0.5, 0.6) is 5.75 Å². The maximum Gasteiger partial charge on any atom is 0.276 e. The minimum absolute atomic E-state index is 0.109. The summed E-state index contributed by atoms with van der Waals surface area (Å²) in [7, 11) is 0. The Balaban J connectivity index is 1.38. The second-order valence-corrected chi connectivity index (χ2v) is 6.57. The third kappa shape index (κ3) is 4.13. The normalized spacial score (nSPS) is 16.9. The van der Waals surface area contributed by atoms with Gasteiger partial charge in [-0.15, -0.1) is 0 Å². The van der Waals surface area contributed by atoms with E-state index in [1.807, 2.05) is 29.2 Å². The molecule has 4 rings (SSSR count). The third-order valence-electron chi connectivity index (χ3n) is 4.62. The van der Waals surface area contributed by atoms with E-state index in [-0.39, 0.29) is 5.91 Å². The van der Waals surface area contributed by atoms with Crippen molar-refractivity contribution in [2.24, 2.45) is 5.92 Å². The van der Waals surface area contributed by atoms with Crippen molar-refractivity contribution in [1.82, 2.24) is 20.0 Å². The van der Waals surface area contributed by atoms with E-state index >= 15 is 0 Å². The van der Waals surface area contributed by atoms with E-state index in [0.29, 0.717) is 30.5 Å². The molecule has 27 heavy (non-hydrogen) atoms. The second-order valence-electron chi connectivity index (χ2n) is 6.57. The maximum atomic E-state index is 12.8. The van der Waals surface area contributed by atoms with E-state index in [1.54, 1.807) is 30.9 Å². The Hall–Kier alpha value is -3.22. The Bertz CT molecular complexity index is 883. The van der Waals surface area contributed by atoms with Gasteiger partial charge in [-0.2, -0.15) is 0 Å². The number of ether oxygens (including phenoxy) is 1. The summed E-state index contributed by atoms with van der Waals surface area (Å²) >= 11 is 0. The van der Waals surface area contributed by atoms with Gasteiger partial charge in [0.25, 0.3) is 5.91 Å². The van der Waals surface area contributed by atoms with E-state index in [0.717, 1.165) is 30.7 Å². The van der Waals surface area contributed by atoms with E-state index in [4.69, 9.17) is 9.26 Å². The van der Waals surface area contributed by atoms with Crippen LogP contribution < -0.4 is 4.74 Å². The summed E-state index contributed by atoms with van der Waals surface area (Å²) in [6.45, 7) is 1.95. The van der Waals surface area contributed by atoms with Gasteiger partial charge in [-0.25, -0.2) is 0 Å². The first-order valence-electron chi connectivity index (χ1n) is 8.99. The minimum atomic E-state index is -0.109. The van der Waals surface area contributed by atoms with Gasteiger partial charge < -0.3 is 14.2 Å². The lowest BCUT2D eigenvalue weighted by Crippen LogP contribution is -2.41. The quantitative estimate of drug-likeness (QED) is 0.692. The van der Waals surface area contributed by atoms with Crippen LogP contribution in [0.2, 0.25) is 0 Å². The van der Waals surface area contributed by atoms with Crippen molar-refractivity contribution in [2.45, 2.75) is 12.8 Å². The highest BCUT2D eigenvalue weighted by atomic mass is 16.5. The highest BCUT2D eigenvalue weighted by molar-refractivity contribution is 5.93. The van der Waals surface area contributed by atoms with Crippen LogP contribution in [0, 0.1) is 5.92 Å². The van der Waals surface area contributed by atoms with Crippen molar-refractivity contribution in [2.75, 3.05) is 19.7 Å². The Morgan fingerprint density at radius 3 is 2.93 bits per heavy atom. The minimum Gasteiger partial charge on any atom is -0.493 e. The highest BCUT2D eigenvalue weighted by Gasteiger charge is 2.27. The van der Waals surface area contributed by atoms with E-state index < -0.39 is 0 Å². The summed E-state index contributed by atoms with van der Waals surface area (Å²) in [4.78, 5) is 22.7. The lowest BCUT2D eigenvalue weighted by molar-refractivity contribution is 0.0623. The monoisotopic (exact) mass is 364 g/mol. The number of amides is 1. The summed E-state index contributed by atoms with van der Waals surface area (Å²) in [6.07, 6.45) is 8.76. The molecule has 1 unspecified atom stereocenters. The first kappa shape index (κ1) is 17.2. The van der Waals surface area contributed by atoms with Crippen LogP contribution in [-0.2, 0) is 0 Å². The molecular formula is C20H20N4O3. The third-order valence-corrected chi connectivity index (χ3v) is 4.62. The van der Waals surface area contributed by atoms with Crippen molar-refractivity contribution in [3.63, 3.8) is 0 Å². The first-order chi connectivity index (χ1) is 13.3. The molecule has 3 aromatic heterocycles. The fourth-order valence-electron chi connectivity index (χ4n) is 3.22. The molecule has 0 spiro atoms. The molecule has 7 nitrogen and oxygen atoms in total. The second kappa shape index (κ2) is 7.99. The van der Waals surface area contributed by atoms with Gasteiger partial charge >= 0.3 is 0 Å². The zero-order chi connectivity index (χ0) is 18.5. The number of carbonyl (C=O) groups excluding carboxylic acids is 1. The van der Waals surface area contributed by atoms with E-state index in [2.05, 4.69) is 15.1 Å².